The predicted molar refractivity (Wildman–Crippen MR) is 78.4 cm³/mol. The predicted octanol–water partition coefficient (Wildman–Crippen LogP) is 4.06. The fraction of sp³-hybridized carbons (Fsp3) is 0. The molecule has 0 aliphatic carbocycles. The molecule has 0 aliphatic rings. The van der Waals surface area contributed by atoms with Crippen LogP contribution >= 0.6 is 50.5 Å². The Balaban J connectivity index is 2.17. The number of hydrogen-bond donors (Lipinski definition) is 1. The van der Waals surface area contributed by atoms with E-state index >= 15 is 0 Å². The van der Waals surface area contributed by atoms with Crippen molar-refractivity contribution in [3.63, 3.8) is 0 Å². The first-order valence-corrected chi connectivity index (χ1v) is 7.37. The molecule has 0 atom stereocenters. The van der Waals surface area contributed by atoms with Gasteiger partial charge in [-0.3, -0.25) is 0 Å². The van der Waals surface area contributed by atoms with Gasteiger partial charge < -0.3 is 0 Å². The molecule has 9 heteroatoms. The summed E-state index contributed by atoms with van der Waals surface area (Å²) in [6.07, 6.45) is 0. The highest BCUT2D eigenvalue weighted by molar-refractivity contribution is 9.11. The molecule has 1 N–H and O–H groups in total. The van der Waals surface area contributed by atoms with E-state index < -0.39 is 0 Å². The maximum atomic E-state index is 6.03. The van der Waals surface area contributed by atoms with Crippen molar-refractivity contribution < 1.29 is 0 Å². The zero-order valence-electron chi connectivity index (χ0n) is 9.06. The largest absolute Gasteiger partial charge is 0.238 e. The Bertz CT molecular complexity index is 728. The topological polar surface area (TPSA) is 67.3 Å². The van der Waals surface area contributed by atoms with Gasteiger partial charge >= 0.3 is 0 Å². The number of benzene rings is 1. The lowest BCUT2D eigenvalue weighted by atomic mass is 10.1. The van der Waals surface area contributed by atoms with Crippen LogP contribution in [0.25, 0.3) is 22.0 Å². The number of nitrogens with one attached hydrogen (secondary N) is 1. The standard InChI is InChI=1S/C10H4BrCl2N5S/c11-10-14-7(4-1-2-5(12)6(13)3-4)8(19-10)9-15-17-18-16-9/h1-3H,(H,15,16,17,18). The van der Waals surface area contributed by atoms with Crippen molar-refractivity contribution >= 4 is 50.5 Å². The summed E-state index contributed by atoms with van der Waals surface area (Å²) in [5, 5.41) is 14.7. The fourth-order valence-electron chi connectivity index (χ4n) is 1.55. The smallest absolute Gasteiger partial charge is 0.191 e. The van der Waals surface area contributed by atoms with Crippen molar-refractivity contribution in [1.29, 1.82) is 0 Å². The summed E-state index contributed by atoms with van der Waals surface area (Å²) < 4.78 is 0.736. The SMILES string of the molecule is Clc1ccc(-c2nc(Br)sc2-c2nnn[nH]2)cc1Cl. The van der Waals surface area contributed by atoms with Crippen LogP contribution in [0.15, 0.2) is 22.1 Å². The van der Waals surface area contributed by atoms with E-state index in [-0.39, 0.29) is 0 Å². The van der Waals surface area contributed by atoms with Gasteiger partial charge in [-0.25, -0.2) is 10.1 Å². The summed E-state index contributed by atoms with van der Waals surface area (Å²) in [6.45, 7) is 0. The van der Waals surface area contributed by atoms with E-state index in [0.29, 0.717) is 15.9 Å². The van der Waals surface area contributed by atoms with Crippen LogP contribution < -0.4 is 0 Å². The summed E-state index contributed by atoms with van der Waals surface area (Å²) >= 11 is 16.7. The zero-order valence-corrected chi connectivity index (χ0v) is 13.0. The van der Waals surface area contributed by atoms with Crippen molar-refractivity contribution in [2.75, 3.05) is 0 Å². The van der Waals surface area contributed by atoms with Gasteiger partial charge in [0.1, 0.15) is 4.88 Å². The molecule has 0 aliphatic heterocycles. The first-order valence-electron chi connectivity index (χ1n) is 5.01. The van der Waals surface area contributed by atoms with Gasteiger partial charge in [-0.15, -0.1) is 16.4 Å². The Morgan fingerprint density at radius 1 is 1.21 bits per heavy atom. The van der Waals surface area contributed by atoms with Gasteiger partial charge in [0.2, 0.25) is 0 Å². The van der Waals surface area contributed by atoms with Crippen molar-refractivity contribution in [2.24, 2.45) is 0 Å². The molecule has 1 aromatic carbocycles. The zero-order chi connectivity index (χ0) is 13.4. The van der Waals surface area contributed by atoms with E-state index in [1.54, 1.807) is 12.1 Å². The number of nitrogens with zero attached hydrogens (tertiary/aromatic N) is 4. The number of aromatic nitrogens is 5. The molecule has 0 bridgehead atoms. The van der Waals surface area contributed by atoms with Crippen LogP contribution in [0.2, 0.25) is 10.0 Å². The van der Waals surface area contributed by atoms with Crippen molar-refractivity contribution in [3.8, 4) is 22.0 Å². The van der Waals surface area contributed by atoms with Gasteiger partial charge in [-0.05, 0) is 38.5 Å². The Labute approximate surface area is 130 Å². The molecule has 2 aromatic heterocycles. The number of hydrogen-bond acceptors (Lipinski definition) is 5. The van der Waals surface area contributed by atoms with Gasteiger partial charge in [0.05, 0.1) is 15.7 Å². The Morgan fingerprint density at radius 2 is 2.05 bits per heavy atom. The summed E-state index contributed by atoms with van der Waals surface area (Å²) in [4.78, 5) is 5.25. The van der Waals surface area contributed by atoms with E-state index in [4.69, 9.17) is 23.2 Å². The van der Waals surface area contributed by atoms with E-state index in [9.17, 15) is 0 Å². The number of halogens is 3. The highest BCUT2D eigenvalue weighted by Gasteiger charge is 2.17. The quantitative estimate of drug-likeness (QED) is 0.732. The van der Waals surface area contributed by atoms with Gasteiger partial charge in [-0.1, -0.05) is 29.3 Å². The first-order chi connectivity index (χ1) is 9.15. The third kappa shape index (κ3) is 2.51. The second kappa shape index (κ2) is 5.16. The highest BCUT2D eigenvalue weighted by atomic mass is 79.9. The normalized spacial score (nSPS) is 10.9. The molecular weight excluding hydrogens is 373 g/mol. The van der Waals surface area contributed by atoms with Crippen LogP contribution in [0, 0.1) is 0 Å². The molecule has 3 rings (SSSR count). The van der Waals surface area contributed by atoms with E-state index in [0.717, 1.165) is 20.1 Å². The van der Waals surface area contributed by atoms with Gasteiger partial charge in [0, 0.05) is 5.56 Å². The number of tetrazole rings is 1. The molecule has 0 fully saturated rings. The minimum Gasteiger partial charge on any atom is -0.238 e. The number of thiazole rings is 1. The average Bonchev–Trinajstić information content (AvgIpc) is 3.01. The molecule has 0 spiro atoms. The van der Waals surface area contributed by atoms with Crippen molar-refractivity contribution in [2.45, 2.75) is 0 Å². The molecule has 0 radical (unpaired) electrons. The lowest BCUT2D eigenvalue weighted by Gasteiger charge is -2.01. The van der Waals surface area contributed by atoms with E-state index in [2.05, 4.69) is 41.5 Å². The van der Waals surface area contributed by atoms with E-state index in [1.807, 2.05) is 6.07 Å². The average molecular weight is 377 g/mol. The van der Waals surface area contributed by atoms with Crippen LogP contribution in [0.3, 0.4) is 0 Å². The molecule has 3 aromatic rings. The third-order valence-electron chi connectivity index (χ3n) is 2.35. The summed E-state index contributed by atoms with van der Waals surface area (Å²) in [5.74, 6) is 0.560. The minimum absolute atomic E-state index is 0.477. The lowest BCUT2D eigenvalue weighted by Crippen LogP contribution is -1.84. The van der Waals surface area contributed by atoms with E-state index in [1.165, 1.54) is 11.3 Å². The molecule has 0 saturated heterocycles. The molecule has 19 heavy (non-hydrogen) atoms. The molecule has 0 amide bonds. The van der Waals surface area contributed by atoms with Gasteiger partial charge in [-0.2, -0.15) is 0 Å². The molecule has 2 heterocycles. The highest BCUT2D eigenvalue weighted by Crippen LogP contribution is 2.38. The first kappa shape index (κ1) is 13.0. The fourth-order valence-corrected chi connectivity index (χ4v) is 3.26. The van der Waals surface area contributed by atoms with Crippen LogP contribution in [0.1, 0.15) is 0 Å². The number of aromatic amines is 1. The number of rotatable bonds is 2. The molecular formula is C10H4BrCl2N5S. The van der Waals surface area contributed by atoms with Crippen LogP contribution in [-0.2, 0) is 0 Å². The Kier molecular flexibility index (Phi) is 3.53. The van der Waals surface area contributed by atoms with Crippen LogP contribution in [0.4, 0.5) is 0 Å². The summed E-state index contributed by atoms with van der Waals surface area (Å²) in [7, 11) is 0. The second-order valence-electron chi connectivity index (χ2n) is 3.52. The molecule has 0 unspecified atom stereocenters. The van der Waals surface area contributed by atoms with Crippen molar-refractivity contribution in [1.82, 2.24) is 25.6 Å². The van der Waals surface area contributed by atoms with Crippen molar-refractivity contribution in [3.05, 3.63) is 32.2 Å². The number of H-pyrrole nitrogens is 1. The summed E-state index contributed by atoms with van der Waals surface area (Å²) in [6, 6.07) is 5.34. The van der Waals surface area contributed by atoms with Crippen LogP contribution in [-0.4, -0.2) is 25.6 Å². The summed E-state index contributed by atoms with van der Waals surface area (Å²) in [5.41, 5.74) is 1.59. The van der Waals surface area contributed by atoms with Crippen LogP contribution in [0.5, 0.6) is 0 Å². The maximum absolute atomic E-state index is 6.03. The Morgan fingerprint density at radius 3 is 2.74 bits per heavy atom. The molecule has 96 valence electrons. The Hall–Kier alpha value is -1.02. The lowest BCUT2D eigenvalue weighted by molar-refractivity contribution is 0.881. The molecule has 5 nitrogen and oxygen atoms in total. The maximum Gasteiger partial charge on any atom is 0.191 e. The van der Waals surface area contributed by atoms with Gasteiger partial charge in [0.15, 0.2) is 9.74 Å². The van der Waals surface area contributed by atoms with Gasteiger partial charge in [0.25, 0.3) is 0 Å². The third-order valence-corrected chi connectivity index (χ3v) is 4.61. The molecule has 0 saturated carbocycles. The minimum atomic E-state index is 0.477. The second-order valence-corrected chi connectivity index (χ2v) is 6.61. The monoisotopic (exact) mass is 375 g/mol.